The highest BCUT2D eigenvalue weighted by atomic mass is 79.9. The average molecular weight is 332 g/mol. The minimum atomic E-state index is 0.358. The molecule has 4 heteroatoms. The first-order chi connectivity index (χ1) is 9.78. The molecule has 0 fully saturated rings. The lowest BCUT2D eigenvalue weighted by molar-refractivity contribution is 0.301. The van der Waals surface area contributed by atoms with Gasteiger partial charge in [-0.1, -0.05) is 40.2 Å². The van der Waals surface area contributed by atoms with Gasteiger partial charge in [-0.25, -0.2) is 0 Å². The molecule has 0 atom stereocenters. The van der Waals surface area contributed by atoms with Gasteiger partial charge in [-0.2, -0.15) is 5.26 Å². The van der Waals surface area contributed by atoms with Crippen molar-refractivity contribution in [2.75, 3.05) is 7.11 Å². The van der Waals surface area contributed by atoms with E-state index < -0.39 is 0 Å². The van der Waals surface area contributed by atoms with E-state index >= 15 is 0 Å². The van der Waals surface area contributed by atoms with Crippen molar-refractivity contribution in [2.45, 2.75) is 11.9 Å². The summed E-state index contributed by atoms with van der Waals surface area (Å²) in [5.41, 5.74) is 2.55. The van der Waals surface area contributed by atoms with Crippen molar-refractivity contribution < 1.29 is 9.47 Å². The van der Waals surface area contributed by atoms with Crippen molar-refractivity contribution in [3.63, 3.8) is 0 Å². The molecule has 102 valence electrons. The van der Waals surface area contributed by atoms with Crippen LogP contribution in [0.25, 0.3) is 0 Å². The highest BCUT2D eigenvalue weighted by molar-refractivity contribution is 9.08. The van der Waals surface area contributed by atoms with Crippen LogP contribution in [-0.2, 0) is 11.9 Å². The molecule has 3 nitrogen and oxygen atoms in total. The molecule has 0 bridgehead atoms. The highest BCUT2D eigenvalue weighted by Crippen LogP contribution is 2.27. The van der Waals surface area contributed by atoms with Gasteiger partial charge in [-0.3, -0.25) is 0 Å². The van der Waals surface area contributed by atoms with Gasteiger partial charge in [-0.15, -0.1) is 0 Å². The predicted octanol–water partition coefficient (Wildman–Crippen LogP) is 4.04. The number of nitrogens with zero attached hydrogens (tertiary/aromatic N) is 1. The van der Waals surface area contributed by atoms with Gasteiger partial charge >= 0.3 is 0 Å². The Morgan fingerprint density at radius 3 is 2.65 bits per heavy atom. The van der Waals surface area contributed by atoms with Gasteiger partial charge < -0.3 is 9.47 Å². The van der Waals surface area contributed by atoms with Gasteiger partial charge in [0.2, 0.25) is 0 Å². The Morgan fingerprint density at radius 1 is 1.15 bits per heavy atom. The van der Waals surface area contributed by atoms with Crippen molar-refractivity contribution in [3.05, 3.63) is 59.2 Å². The van der Waals surface area contributed by atoms with E-state index in [0.29, 0.717) is 17.5 Å². The Balaban J connectivity index is 2.20. The summed E-state index contributed by atoms with van der Waals surface area (Å²) in [6.45, 7) is 0.358. The van der Waals surface area contributed by atoms with E-state index in [1.54, 1.807) is 13.2 Å². The highest BCUT2D eigenvalue weighted by Gasteiger charge is 2.07. The Kier molecular flexibility index (Phi) is 5.03. The summed E-state index contributed by atoms with van der Waals surface area (Å²) in [5, 5.41) is 9.77. The molecule has 0 heterocycles. The number of hydrogen-bond acceptors (Lipinski definition) is 3. The van der Waals surface area contributed by atoms with E-state index in [2.05, 4.69) is 22.0 Å². The molecule has 0 aliphatic rings. The summed E-state index contributed by atoms with van der Waals surface area (Å²) in [6.07, 6.45) is 0. The molecular formula is C16H14BrNO2. The lowest BCUT2D eigenvalue weighted by Gasteiger charge is -2.12. The molecule has 0 saturated carbocycles. The van der Waals surface area contributed by atoms with E-state index in [9.17, 15) is 0 Å². The summed E-state index contributed by atoms with van der Waals surface area (Å²) < 4.78 is 11.0. The second-order valence-electron chi connectivity index (χ2n) is 4.16. The van der Waals surface area contributed by atoms with Crippen molar-refractivity contribution in [3.8, 4) is 17.6 Å². The van der Waals surface area contributed by atoms with E-state index in [1.165, 1.54) is 0 Å². The largest absolute Gasteiger partial charge is 0.497 e. The third-order valence-electron chi connectivity index (χ3n) is 2.94. The Hall–Kier alpha value is -1.99. The smallest absolute Gasteiger partial charge is 0.127 e. The van der Waals surface area contributed by atoms with Crippen LogP contribution in [0.5, 0.6) is 11.5 Å². The third-order valence-corrected chi connectivity index (χ3v) is 3.54. The molecular weight excluding hydrogens is 318 g/mol. The molecule has 0 radical (unpaired) electrons. The molecule has 20 heavy (non-hydrogen) atoms. The molecule has 0 N–H and O–H groups in total. The minimum absolute atomic E-state index is 0.358. The van der Waals surface area contributed by atoms with Crippen molar-refractivity contribution >= 4 is 15.9 Å². The minimum Gasteiger partial charge on any atom is -0.497 e. The number of methoxy groups -OCH3 is 1. The SMILES string of the molecule is COc1ccc(CBr)c(OCc2ccccc2C#N)c1. The molecule has 2 aromatic carbocycles. The predicted molar refractivity (Wildman–Crippen MR) is 81.1 cm³/mol. The maximum absolute atomic E-state index is 9.07. The zero-order valence-corrected chi connectivity index (χ0v) is 12.7. The number of ether oxygens (including phenoxy) is 2. The normalized spacial score (nSPS) is 9.85. The molecule has 0 spiro atoms. The van der Waals surface area contributed by atoms with Crippen LogP contribution in [0.3, 0.4) is 0 Å². The Morgan fingerprint density at radius 2 is 1.95 bits per heavy atom. The molecule has 0 amide bonds. The second-order valence-corrected chi connectivity index (χ2v) is 4.73. The number of benzene rings is 2. The Bertz CT molecular complexity index is 635. The number of hydrogen-bond donors (Lipinski definition) is 0. The van der Waals surface area contributed by atoms with E-state index in [1.807, 2.05) is 36.4 Å². The molecule has 0 aliphatic heterocycles. The number of rotatable bonds is 5. The topological polar surface area (TPSA) is 42.2 Å². The summed E-state index contributed by atoms with van der Waals surface area (Å²) in [4.78, 5) is 0. The number of alkyl halides is 1. The van der Waals surface area contributed by atoms with Gasteiger partial charge in [0.1, 0.15) is 18.1 Å². The summed E-state index contributed by atoms with van der Waals surface area (Å²) in [6, 6.07) is 15.3. The van der Waals surface area contributed by atoms with Gasteiger partial charge in [0, 0.05) is 22.5 Å². The second kappa shape index (κ2) is 6.97. The van der Waals surface area contributed by atoms with Crippen LogP contribution >= 0.6 is 15.9 Å². The maximum Gasteiger partial charge on any atom is 0.127 e. The van der Waals surface area contributed by atoms with Crippen LogP contribution in [0.15, 0.2) is 42.5 Å². The third kappa shape index (κ3) is 3.31. The fraction of sp³-hybridized carbons (Fsp3) is 0.188. The number of nitriles is 1. The molecule has 2 aromatic rings. The fourth-order valence-corrected chi connectivity index (χ4v) is 2.28. The quantitative estimate of drug-likeness (QED) is 0.776. The van der Waals surface area contributed by atoms with Crippen LogP contribution in [0, 0.1) is 11.3 Å². The van der Waals surface area contributed by atoms with E-state index in [0.717, 1.165) is 22.6 Å². The lowest BCUT2D eigenvalue weighted by Crippen LogP contribution is -2.00. The maximum atomic E-state index is 9.07. The first kappa shape index (κ1) is 14.4. The first-order valence-corrected chi connectivity index (χ1v) is 7.24. The molecule has 0 aromatic heterocycles. The standard InChI is InChI=1S/C16H14BrNO2/c1-19-15-7-6-12(9-17)16(8-15)20-11-14-5-3-2-4-13(14)10-18/h2-8H,9,11H2,1H3. The Labute approximate surface area is 126 Å². The summed E-state index contributed by atoms with van der Waals surface area (Å²) >= 11 is 3.44. The fourth-order valence-electron chi connectivity index (χ4n) is 1.82. The van der Waals surface area contributed by atoms with Gasteiger partial charge in [0.25, 0.3) is 0 Å². The molecule has 2 rings (SSSR count). The van der Waals surface area contributed by atoms with Crippen LogP contribution in [-0.4, -0.2) is 7.11 Å². The van der Waals surface area contributed by atoms with Gasteiger partial charge in [0.15, 0.2) is 0 Å². The lowest BCUT2D eigenvalue weighted by atomic mass is 10.1. The van der Waals surface area contributed by atoms with Crippen LogP contribution in [0.2, 0.25) is 0 Å². The molecule has 0 aliphatic carbocycles. The van der Waals surface area contributed by atoms with Crippen LogP contribution in [0.4, 0.5) is 0 Å². The summed E-state index contributed by atoms with van der Waals surface area (Å²) in [7, 11) is 1.62. The van der Waals surface area contributed by atoms with Crippen molar-refractivity contribution in [1.82, 2.24) is 0 Å². The van der Waals surface area contributed by atoms with Crippen LogP contribution < -0.4 is 9.47 Å². The van der Waals surface area contributed by atoms with E-state index in [-0.39, 0.29) is 0 Å². The van der Waals surface area contributed by atoms with Gasteiger partial charge in [0.05, 0.1) is 18.7 Å². The monoisotopic (exact) mass is 331 g/mol. The van der Waals surface area contributed by atoms with Crippen molar-refractivity contribution in [2.24, 2.45) is 0 Å². The van der Waals surface area contributed by atoms with Crippen LogP contribution in [0.1, 0.15) is 16.7 Å². The first-order valence-electron chi connectivity index (χ1n) is 6.12. The number of halogens is 1. The van der Waals surface area contributed by atoms with E-state index in [4.69, 9.17) is 14.7 Å². The van der Waals surface area contributed by atoms with Crippen molar-refractivity contribution in [1.29, 1.82) is 5.26 Å². The zero-order valence-electron chi connectivity index (χ0n) is 11.1. The molecule has 0 unspecified atom stereocenters. The van der Waals surface area contributed by atoms with Gasteiger partial charge in [-0.05, 0) is 12.1 Å². The molecule has 0 saturated heterocycles. The summed E-state index contributed by atoms with van der Waals surface area (Å²) in [5.74, 6) is 1.51. The zero-order chi connectivity index (χ0) is 14.4. The average Bonchev–Trinajstić information content (AvgIpc) is 2.52.